The Morgan fingerprint density at radius 3 is 2.76 bits per heavy atom. The van der Waals surface area contributed by atoms with E-state index in [9.17, 15) is 5.26 Å². The van der Waals surface area contributed by atoms with E-state index in [0.717, 1.165) is 22.2 Å². The summed E-state index contributed by atoms with van der Waals surface area (Å²) in [6.07, 6.45) is 1.40. The zero-order valence-corrected chi connectivity index (χ0v) is 12.1. The molecule has 1 N–H and O–H groups in total. The fourth-order valence-electron chi connectivity index (χ4n) is 2.34. The highest BCUT2D eigenvalue weighted by Crippen LogP contribution is 2.31. The van der Waals surface area contributed by atoms with E-state index in [2.05, 4.69) is 27.1 Å². The first kappa shape index (κ1) is 13.1. The molecule has 0 unspecified atom stereocenters. The molecule has 0 spiro atoms. The predicted molar refractivity (Wildman–Crippen MR) is 79.3 cm³/mol. The van der Waals surface area contributed by atoms with Gasteiger partial charge in [-0.25, -0.2) is 9.97 Å². The molecule has 0 amide bonds. The van der Waals surface area contributed by atoms with Crippen molar-refractivity contribution in [3.05, 3.63) is 47.0 Å². The molecular weight excluding hydrogens is 264 g/mol. The van der Waals surface area contributed by atoms with Gasteiger partial charge in [-0.05, 0) is 39.0 Å². The summed E-state index contributed by atoms with van der Waals surface area (Å²) in [5, 5.41) is 10.3. The Kier molecular flexibility index (Phi) is 3.07. The Morgan fingerprint density at radius 2 is 2.00 bits per heavy atom. The van der Waals surface area contributed by atoms with Crippen molar-refractivity contribution in [3.8, 4) is 17.7 Å². The summed E-state index contributed by atoms with van der Waals surface area (Å²) in [4.78, 5) is 11.4. The van der Waals surface area contributed by atoms with Crippen molar-refractivity contribution in [1.29, 1.82) is 5.26 Å². The molecule has 21 heavy (non-hydrogen) atoms. The number of H-pyrrole nitrogens is 1. The standard InChI is InChI=1S/C16H14N4O/c1-9-6-12-10(2)15(5-4-14(12)20-9)21-16-13(7-17)11(3)18-8-19-16/h4-6,8,20H,1-3H3. The van der Waals surface area contributed by atoms with Gasteiger partial charge >= 0.3 is 0 Å². The molecular formula is C16H14N4O. The first-order valence-corrected chi connectivity index (χ1v) is 6.58. The number of nitriles is 1. The van der Waals surface area contributed by atoms with Crippen LogP contribution in [0.15, 0.2) is 24.5 Å². The smallest absolute Gasteiger partial charge is 0.240 e. The van der Waals surface area contributed by atoms with Crippen LogP contribution in [0.4, 0.5) is 0 Å². The van der Waals surface area contributed by atoms with Crippen molar-refractivity contribution in [1.82, 2.24) is 15.0 Å². The van der Waals surface area contributed by atoms with Crippen LogP contribution in [0.2, 0.25) is 0 Å². The number of aryl methyl sites for hydroxylation is 3. The molecule has 3 aromatic rings. The molecule has 0 aliphatic heterocycles. The van der Waals surface area contributed by atoms with Gasteiger partial charge in [-0.15, -0.1) is 0 Å². The van der Waals surface area contributed by atoms with Crippen LogP contribution in [0.3, 0.4) is 0 Å². The first-order valence-electron chi connectivity index (χ1n) is 6.58. The third kappa shape index (κ3) is 2.21. The van der Waals surface area contributed by atoms with E-state index < -0.39 is 0 Å². The van der Waals surface area contributed by atoms with Gasteiger partial charge in [0, 0.05) is 22.2 Å². The molecule has 0 atom stereocenters. The average Bonchev–Trinajstić information content (AvgIpc) is 2.84. The summed E-state index contributed by atoms with van der Waals surface area (Å²) in [5.74, 6) is 0.982. The maximum atomic E-state index is 9.21. The quantitative estimate of drug-likeness (QED) is 0.778. The van der Waals surface area contributed by atoms with Gasteiger partial charge < -0.3 is 9.72 Å². The molecule has 2 aromatic heterocycles. The first-order chi connectivity index (χ1) is 10.1. The molecule has 1 aromatic carbocycles. The molecule has 0 bridgehead atoms. The topological polar surface area (TPSA) is 74.6 Å². The fraction of sp³-hybridized carbons (Fsp3) is 0.188. The van der Waals surface area contributed by atoms with Crippen LogP contribution in [-0.4, -0.2) is 15.0 Å². The van der Waals surface area contributed by atoms with E-state index in [4.69, 9.17) is 4.74 Å². The predicted octanol–water partition coefficient (Wildman–Crippen LogP) is 3.55. The number of rotatable bonds is 2. The molecule has 5 heteroatoms. The van der Waals surface area contributed by atoms with Crippen LogP contribution in [0.25, 0.3) is 10.9 Å². The zero-order valence-electron chi connectivity index (χ0n) is 12.1. The van der Waals surface area contributed by atoms with Crippen LogP contribution in [0.1, 0.15) is 22.5 Å². The fourth-order valence-corrected chi connectivity index (χ4v) is 2.34. The van der Waals surface area contributed by atoms with E-state index in [-0.39, 0.29) is 0 Å². The minimum Gasteiger partial charge on any atom is -0.437 e. The van der Waals surface area contributed by atoms with E-state index in [0.29, 0.717) is 22.9 Å². The maximum Gasteiger partial charge on any atom is 0.240 e. The number of nitrogens with one attached hydrogen (secondary N) is 1. The summed E-state index contributed by atoms with van der Waals surface area (Å²) in [6, 6.07) is 8.01. The van der Waals surface area contributed by atoms with Gasteiger partial charge in [-0.3, -0.25) is 0 Å². The summed E-state index contributed by atoms with van der Waals surface area (Å²) in [5.41, 5.74) is 4.15. The van der Waals surface area contributed by atoms with Crippen LogP contribution in [-0.2, 0) is 0 Å². The number of nitrogens with zero attached hydrogens (tertiary/aromatic N) is 3. The van der Waals surface area contributed by atoms with Crippen molar-refractivity contribution >= 4 is 10.9 Å². The van der Waals surface area contributed by atoms with Crippen LogP contribution in [0.5, 0.6) is 11.6 Å². The second-order valence-electron chi connectivity index (χ2n) is 4.96. The van der Waals surface area contributed by atoms with Gasteiger partial charge in [0.15, 0.2) is 0 Å². The van der Waals surface area contributed by atoms with Gasteiger partial charge in [-0.2, -0.15) is 5.26 Å². The molecule has 2 heterocycles. The van der Waals surface area contributed by atoms with E-state index in [1.165, 1.54) is 6.33 Å². The highest BCUT2D eigenvalue weighted by Gasteiger charge is 2.13. The van der Waals surface area contributed by atoms with E-state index >= 15 is 0 Å². The molecule has 3 rings (SSSR count). The summed E-state index contributed by atoms with van der Waals surface area (Å²) < 4.78 is 5.84. The third-order valence-corrected chi connectivity index (χ3v) is 3.48. The van der Waals surface area contributed by atoms with Crippen molar-refractivity contribution < 1.29 is 4.74 Å². The largest absolute Gasteiger partial charge is 0.437 e. The van der Waals surface area contributed by atoms with Gasteiger partial charge in [0.05, 0.1) is 5.69 Å². The summed E-state index contributed by atoms with van der Waals surface area (Å²) in [7, 11) is 0. The van der Waals surface area contributed by atoms with Crippen molar-refractivity contribution in [2.75, 3.05) is 0 Å². The van der Waals surface area contributed by atoms with E-state index in [1.54, 1.807) is 6.92 Å². The zero-order chi connectivity index (χ0) is 15.0. The molecule has 104 valence electrons. The number of aromatic amines is 1. The van der Waals surface area contributed by atoms with Crippen LogP contribution < -0.4 is 4.74 Å². The molecule has 0 radical (unpaired) electrons. The number of benzene rings is 1. The van der Waals surface area contributed by atoms with Crippen LogP contribution in [0, 0.1) is 32.1 Å². The third-order valence-electron chi connectivity index (χ3n) is 3.48. The monoisotopic (exact) mass is 278 g/mol. The number of hydrogen-bond acceptors (Lipinski definition) is 4. The van der Waals surface area contributed by atoms with Gasteiger partial charge in [0.25, 0.3) is 0 Å². The highest BCUT2D eigenvalue weighted by molar-refractivity contribution is 5.86. The number of fused-ring (bicyclic) bond motifs is 1. The average molecular weight is 278 g/mol. The van der Waals surface area contributed by atoms with Gasteiger partial charge in [0.1, 0.15) is 23.7 Å². The molecule has 0 saturated carbocycles. The van der Waals surface area contributed by atoms with Crippen molar-refractivity contribution in [2.45, 2.75) is 20.8 Å². The molecule has 0 saturated heterocycles. The van der Waals surface area contributed by atoms with Gasteiger partial charge in [-0.1, -0.05) is 0 Å². The summed E-state index contributed by atoms with van der Waals surface area (Å²) in [6.45, 7) is 5.77. The Balaban J connectivity index is 2.09. The lowest BCUT2D eigenvalue weighted by atomic mass is 10.1. The minimum atomic E-state index is 0.291. The lowest BCUT2D eigenvalue weighted by molar-refractivity contribution is 0.456. The number of ether oxygens (including phenoxy) is 1. The molecule has 0 fully saturated rings. The Bertz CT molecular complexity index is 874. The van der Waals surface area contributed by atoms with Crippen molar-refractivity contribution in [3.63, 3.8) is 0 Å². The van der Waals surface area contributed by atoms with E-state index in [1.807, 2.05) is 26.0 Å². The molecule has 0 aliphatic rings. The highest BCUT2D eigenvalue weighted by atomic mass is 16.5. The lowest BCUT2D eigenvalue weighted by Crippen LogP contribution is -1.97. The maximum absolute atomic E-state index is 9.21. The normalized spacial score (nSPS) is 10.6. The minimum absolute atomic E-state index is 0.291. The van der Waals surface area contributed by atoms with Gasteiger partial charge in [0.2, 0.25) is 5.88 Å². The summed E-state index contributed by atoms with van der Waals surface area (Å²) >= 11 is 0. The second kappa shape index (κ2) is 4.91. The lowest BCUT2D eigenvalue weighted by Gasteiger charge is -2.10. The number of hydrogen-bond donors (Lipinski definition) is 1. The SMILES string of the molecule is Cc1cc2c(C)c(Oc3ncnc(C)c3C#N)ccc2[nH]1. The van der Waals surface area contributed by atoms with Crippen LogP contribution >= 0.6 is 0 Å². The molecule has 0 aliphatic carbocycles. The molecule has 5 nitrogen and oxygen atoms in total. The second-order valence-corrected chi connectivity index (χ2v) is 4.96. The Hall–Kier alpha value is -2.87. The number of aromatic nitrogens is 3. The van der Waals surface area contributed by atoms with Crippen molar-refractivity contribution in [2.24, 2.45) is 0 Å². The Morgan fingerprint density at radius 1 is 1.19 bits per heavy atom. The Labute approximate surface area is 122 Å².